The molecule has 152 valence electrons. The first kappa shape index (κ1) is 19.8. The lowest BCUT2D eigenvalue weighted by molar-refractivity contribution is 0.355. The number of H-pyrrole nitrogens is 1. The second kappa shape index (κ2) is 7.72. The number of nitriles is 1. The molecule has 0 saturated heterocycles. The molecule has 0 amide bonds. The van der Waals surface area contributed by atoms with Crippen molar-refractivity contribution in [1.82, 2.24) is 10.2 Å². The Morgan fingerprint density at radius 2 is 1.97 bits per heavy atom. The Morgan fingerprint density at radius 3 is 2.63 bits per heavy atom. The third kappa shape index (κ3) is 3.15. The Hall–Kier alpha value is -3.51. The molecule has 2 aromatic carbocycles. The highest BCUT2D eigenvalue weighted by Gasteiger charge is 2.36. The summed E-state index contributed by atoms with van der Waals surface area (Å²) in [5, 5.41) is 17.0. The number of fused-ring (bicyclic) bond motifs is 1. The van der Waals surface area contributed by atoms with Crippen LogP contribution in [0.2, 0.25) is 0 Å². The summed E-state index contributed by atoms with van der Waals surface area (Å²) >= 11 is 3.21. The highest BCUT2D eigenvalue weighted by Crippen LogP contribution is 2.47. The molecule has 30 heavy (non-hydrogen) atoms. The second-order valence-electron chi connectivity index (χ2n) is 6.49. The van der Waals surface area contributed by atoms with E-state index in [9.17, 15) is 9.65 Å². The molecule has 0 unspecified atom stereocenters. The molecule has 0 spiro atoms. The summed E-state index contributed by atoms with van der Waals surface area (Å²) in [6.45, 7) is 0. The first-order valence-corrected chi connectivity index (χ1v) is 9.61. The highest BCUT2D eigenvalue weighted by molar-refractivity contribution is 9.10. The van der Waals surface area contributed by atoms with E-state index in [1.807, 2.05) is 6.07 Å². The Labute approximate surface area is 180 Å². The molecule has 0 bridgehead atoms. The zero-order chi connectivity index (χ0) is 21.4. The monoisotopic (exact) mass is 470 g/mol. The summed E-state index contributed by atoms with van der Waals surface area (Å²) in [5.74, 6) is 0.312. The van der Waals surface area contributed by atoms with Gasteiger partial charge in [-0.25, -0.2) is 4.39 Å². The minimum atomic E-state index is -0.600. The smallest absolute Gasteiger partial charge is 0.244 e. The molecular weight excluding hydrogens is 455 g/mol. The molecule has 1 aromatic heterocycles. The molecule has 1 aliphatic heterocycles. The fourth-order valence-electron chi connectivity index (χ4n) is 3.48. The number of methoxy groups -OCH3 is 2. The van der Waals surface area contributed by atoms with Crippen molar-refractivity contribution in [3.8, 4) is 34.7 Å². The summed E-state index contributed by atoms with van der Waals surface area (Å²) < 4.78 is 30.4. The van der Waals surface area contributed by atoms with Crippen LogP contribution >= 0.6 is 15.9 Å². The van der Waals surface area contributed by atoms with Crippen molar-refractivity contribution < 1.29 is 18.6 Å². The third-order valence-corrected chi connectivity index (χ3v) is 5.50. The quantitative estimate of drug-likeness (QED) is 0.591. The van der Waals surface area contributed by atoms with Crippen molar-refractivity contribution in [2.24, 2.45) is 5.73 Å². The number of hydrogen-bond acceptors (Lipinski definition) is 6. The predicted octanol–water partition coefficient (Wildman–Crippen LogP) is 4.21. The number of benzene rings is 2. The van der Waals surface area contributed by atoms with Crippen molar-refractivity contribution >= 4 is 15.9 Å². The van der Waals surface area contributed by atoms with E-state index in [-0.39, 0.29) is 21.8 Å². The van der Waals surface area contributed by atoms with Gasteiger partial charge in [0.05, 0.1) is 35.9 Å². The van der Waals surface area contributed by atoms with Crippen molar-refractivity contribution in [2.75, 3.05) is 14.2 Å². The molecule has 3 aromatic rings. The maximum Gasteiger partial charge on any atom is 0.244 e. The highest BCUT2D eigenvalue weighted by atomic mass is 79.9. The van der Waals surface area contributed by atoms with E-state index in [0.29, 0.717) is 28.3 Å². The van der Waals surface area contributed by atoms with Gasteiger partial charge in [-0.3, -0.25) is 5.10 Å². The van der Waals surface area contributed by atoms with Gasteiger partial charge in [-0.1, -0.05) is 6.07 Å². The standard InChI is InChI=1S/C21H16BrFN4O3/c1-28-15-6-4-11(8-16(15)29-2)19-18-17(10-3-5-14(23)13(22)7-10)12(9-24)20(25)30-21(18)27-26-19/h3-8,17H,25H2,1-2H3,(H,26,27)/t17-/m0/s1. The van der Waals surface area contributed by atoms with Gasteiger partial charge in [0.25, 0.3) is 0 Å². The number of nitrogens with one attached hydrogen (secondary N) is 1. The van der Waals surface area contributed by atoms with Gasteiger partial charge >= 0.3 is 0 Å². The molecule has 2 heterocycles. The second-order valence-corrected chi connectivity index (χ2v) is 7.34. The van der Waals surface area contributed by atoms with Crippen LogP contribution in [0.3, 0.4) is 0 Å². The normalized spacial score (nSPS) is 15.2. The van der Waals surface area contributed by atoms with E-state index in [0.717, 1.165) is 5.56 Å². The van der Waals surface area contributed by atoms with Gasteiger partial charge in [-0.2, -0.15) is 5.26 Å². The zero-order valence-corrected chi connectivity index (χ0v) is 17.6. The van der Waals surface area contributed by atoms with E-state index in [4.69, 9.17) is 19.9 Å². The van der Waals surface area contributed by atoms with Gasteiger partial charge in [-0.05, 0) is 51.8 Å². The molecule has 7 nitrogen and oxygen atoms in total. The maximum atomic E-state index is 13.8. The zero-order valence-electron chi connectivity index (χ0n) is 16.0. The third-order valence-electron chi connectivity index (χ3n) is 4.89. The Kier molecular flexibility index (Phi) is 5.10. The van der Waals surface area contributed by atoms with Crippen LogP contribution < -0.4 is 19.9 Å². The average molecular weight is 471 g/mol. The van der Waals surface area contributed by atoms with Crippen LogP contribution in [-0.2, 0) is 0 Å². The average Bonchev–Trinajstić information content (AvgIpc) is 3.17. The van der Waals surface area contributed by atoms with Crippen molar-refractivity contribution in [1.29, 1.82) is 5.26 Å². The summed E-state index contributed by atoms with van der Waals surface area (Å²) in [6.07, 6.45) is 0. The van der Waals surface area contributed by atoms with Crippen molar-refractivity contribution in [3.63, 3.8) is 0 Å². The van der Waals surface area contributed by atoms with E-state index in [1.54, 1.807) is 38.5 Å². The number of rotatable bonds is 4. The Bertz CT molecular complexity index is 1220. The largest absolute Gasteiger partial charge is 0.493 e. The number of aromatic amines is 1. The molecule has 1 atom stereocenters. The minimum Gasteiger partial charge on any atom is -0.493 e. The number of ether oxygens (including phenoxy) is 3. The van der Waals surface area contributed by atoms with E-state index in [2.05, 4.69) is 32.2 Å². The SMILES string of the molecule is COc1ccc(-c2[nH]nc3c2[C@@H](c2ccc(F)c(Br)c2)C(C#N)=C(N)O3)cc1OC. The molecule has 3 N–H and O–H groups in total. The van der Waals surface area contributed by atoms with Crippen molar-refractivity contribution in [2.45, 2.75) is 5.92 Å². The first-order chi connectivity index (χ1) is 14.5. The van der Waals surface area contributed by atoms with Crippen LogP contribution in [-0.4, -0.2) is 24.4 Å². The lowest BCUT2D eigenvalue weighted by atomic mass is 9.83. The van der Waals surface area contributed by atoms with E-state index in [1.165, 1.54) is 6.07 Å². The molecule has 1 aliphatic rings. The lowest BCUT2D eigenvalue weighted by Crippen LogP contribution is -2.21. The molecule has 0 saturated carbocycles. The summed E-state index contributed by atoms with van der Waals surface area (Å²) in [7, 11) is 3.10. The van der Waals surface area contributed by atoms with Gasteiger partial charge in [0.15, 0.2) is 11.5 Å². The van der Waals surface area contributed by atoms with Gasteiger partial charge in [0, 0.05) is 5.56 Å². The summed E-state index contributed by atoms with van der Waals surface area (Å²) in [5.41, 5.74) is 8.85. The number of nitrogens with zero attached hydrogens (tertiary/aromatic N) is 2. The number of aromatic nitrogens is 2. The van der Waals surface area contributed by atoms with Gasteiger partial charge < -0.3 is 19.9 Å². The van der Waals surface area contributed by atoms with Crippen LogP contribution in [0, 0.1) is 17.1 Å². The number of halogens is 2. The minimum absolute atomic E-state index is 0.0409. The van der Waals surface area contributed by atoms with Gasteiger partial charge in [0.1, 0.15) is 17.5 Å². The summed E-state index contributed by atoms with van der Waals surface area (Å²) in [6, 6.07) is 12.1. The number of nitrogens with two attached hydrogens (primary N) is 1. The number of hydrogen-bond donors (Lipinski definition) is 2. The predicted molar refractivity (Wildman–Crippen MR) is 111 cm³/mol. The van der Waals surface area contributed by atoms with E-state index < -0.39 is 11.7 Å². The molecular formula is C21H16BrFN4O3. The molecule has 0 fully saturated rings. The molecule has 0 aliphatic carbocycles. The summed E-state index contributed by atoms with van der Waals surface area (Å²) in [4.78, 5) is 0. The first-order valence-electron chi connectivity index (χ1n) is 8.81. The van der Waals surface area contributed by atoms with Gasteiger partial charge in [-0.15, -0.1) is 5.10 Å². The molecule has 9 heteroatoms. The van der Waals surface area contributed by atoms with Crippen LogP contribution in [0.5, 0.6) is 17.4 Å². The Morgan fingerprint density at radius 1 is 1.20 bits per heavy atom. The van der Waals surface area contributed by atoms with Gasteiger partial charge in [0.2, 0.25) is 11.8 Å². The van der Waals surface area contributed by atoms with E-state index >= 15 is 0 Å². The maximum absolute atomic E-state index is 13.8. The lowest BCUT2D eigenvalue weighted by Gasteiger charge is -2.24. The van der Waals surface area contributed by atoms with Crippen LogP contribution in [0.25, 0.3) is 11.3 Å². The Balaban J connectivity index is 1.93. The number of allylic oxidation sites excluding steroid dienone is 1. The topological polar surface area (TPSA) is 106 Å². The fourth-order valence-corrected chi connectivity index (χ4v) is 3.88. The molecule has 0 radical (unpaired) electrons. The molecule has 4 rings (SSSR count). The van der Waals surface area contributed by atoms with Crippen LogP contribution in [0.4, 0.5) is 4.39 Å². The van der Waals surface area contributed by atoms with Crippen molar-refractivity contribution in [3.05, 3.63) is 69.3 Å². The fraction of sp³-hybridized carbons (Fsp3) is 0.143. The van der Waals surface area contributed by atoms with Crippen LogP contribution in [0.15, 0.2) is 52.3 Å². The van der Waals surface area contributed by atoms with Crippen LogP contribution in [0.1, 0.15) is 17.0 Å².